The lowest BCUT2D eigenvalue weighted by Gasteiger charge is -2.28. The molecule has 0 spiro atoms. The fraction of sp³-hybridized carbons (Fsp3) is 0.0588. The number of hydrogen-bond acceptors (Lipinski definition) is 4. The van der Waals surface area contributed by atoms with Crippen LogP contribution >= 0.6 is 15.9 Å². The molecule has 1 saturated heterocycles. The van der Waals surface area contributed by atoms with Crippen LogP contribution in [0, 0.1) is 11.7 Å². The Morgan fingerprint density at radius 2 is 1.76 bits per heavy atom. The summed E-state index contributed by atoms with van der Waals surface area (Å²) in [5, 5.41) is 2.10. The highest BCUT2D eigenvalue weighted by atomic mass is 79.9. The van der Waals surface area contributed by atoms with Gasteiger partial charge in [0.25, 0.3) is 5.91 Å². The molecule has 1 aliphatic rings. The van der Waals surface area contributed by atoms with Gasteiger partial charge in [0, 0.05) is 10.7 Å². The molecule has 1 heterocycles. The van der Waals surface area contributed by atoms with Crippen LogP contribution in [0.2, 0.25) is 0 Å². The number of hydrogen-bond donors (Lipinski definition) is 1. The molecule has 25 heavy (non-hydrogen) atoms. The van der Waals surface area contributed by atoms with Crippen LogP contribution in [-0.4, -0.2) is 24.1 Å². The molecule has 0 unspecified atom stereocenters. The van der Waals surface area contributed by atoms with E-state index in [-0.39, 0.29) is 5.69 Å². The van der Waals surface area contributed by atoms with Crippen LogP contribution < -0.4 is 10.2 Å². The number of carbonyl (C=O) groups is 3. The number of barbiturate groups is 1. The van der Waals surface area contributed by atoms with Crippen molar-refractivity contribution in [2.24, 2.45) is 10.9 Å². The van der Waals surface area contributed by atoms with E-state index in [4.69, 9.17) is 0 Å². The number of anilines is 1. The van der Waals surface area contributed by atoms with E-state index >= 15 is 0 Å². The number of halogens is 2. The van der Waals surface area contributed by atoms with Gasteiger partial charge < -0.3 is 0 Å². The number of imide groups is 2. The SMILES string of the molecule is O=C1NC(=O)N(c2ccc(Br)cc2)C(=O)[C@H]1C=Nc1ccccc1F. The molecule has 0 saturated carbocycles. The molecule has 4 amide bonds. The van der Waals surface area contributed by atoms with Crippen molar-refractivity contribution in [1.29, 1.82) is 0 Å². The summed E-state index contributed by atoms with van der Waals surface area (Å²) >= 11 is 3.26. The van der Waals surface area contributed by atoms with Crippen molar-refractivity contribution in [3.8, 4) is 0 Å². The van der Waals surface area contributed by atoms with Gasteiger partial charge in [-0.3, -0.25) is 19.9 Å². The highest BCUT2D eigenvalue weighted by Gasteiger charge is 2.40. The maximum Gasteiger partial charge on any atom is 0.335 e. The first-order chi connectivity index (χ1) is 12.0. The fourth-order valence-electron chi connectivity index (χ4n) is 2.27. The number of aliphatic imine (C=N–C) groups is 1. The van der Waals surface area contributed by atoms with Crippen LogP contribution in [0.25, 0.3) is 0 Å². The van der Waals surface area contributed by atoms with Crippen molar-refractivity contribution in [2.75, 3.05) is 4.90 Å². The molecule has 0 radical (unpaired) electrons. The predicted octanol–water partition coefficient (Wildman–Crippen LogP) is 3.19. The van der Waals surface area contributed by atoms with Crippen molar-refractivity contribution < 1.29 is 18.8 Å². The number of benzene rings is 2. The second kappa shape index (κ2) is 6.94. The zero-order valence-corrected chi connectivity index (χ0v) is 14.2. The molecule has 1 fully saturated rings. The molecule has 1 aliphatic heterocycles. The van der Waals surface area contributed by atoms with Gasteiger partial charge in [0.05, 0.1) is 11.4 Å². The van der Waals surface area contributed by atoms with Gasteiger partial charge in [0.1, 0.15) is 5.82 Å². The van der Waals surface area contributed by atoms with Crippen molar-refractivity contribution >= 4 is 51.4 Å². The van der Waals surface area contributed by atoms with Crippen molar-refractivity contribution in [2.45, 2.75) is 0 Å². The van der Waals surface area contributed by atoms with Crippen molar-refractivity contribution in [1.82, 2.24) is 5.32 Å². The fourth-order valence-corrected chi connectivity index (χ4v) is 2.53. The van der Waals surface area contributed by atoms with Crippen LogP contribution in [-0.2, 0) is 9.59 Å². The summed E-state index contributed by atoms with van der Waals surface area (Å²) in [6, 6.07) is 11.3. The largest absolute Gasteiger partial charge is 0.335 e. The third kappa shape index (κ3) is 3.48. The predicted molar refractivity (Wildman–Crippen MR) is 93.2 cm³/mol. The third-order valence-corrected chi connectivity index (χ3v) is 4.03. The molecule has 2 aromatic carbocycles. The maximum absolute atomic E-state index is 13.6. The zero-order chi connectivity index (χ0) is 18.0. The molecule has 8 heteroatoms. The van der Waals surface area contributed by atoms with E-state index in [0.717, 1.165) is 15.6 Å². The van der Waals surface area contributed by atoms with Gasteiger partial charge in [-0.1, -0.05) is 28.1 Å². The Hall–Kier alpha value is -2.87. The minimum Gasteiger partial charge on any atom is -0.276 e. The number of amides is 4. The summed E-state index contributed by atoms with van der Waals surface area (Å²) in [6.45, 7) is 0. The number of carbonyl (C=O) groups excluding carboxylic acids is 3. The molecule has 6 nitrogen and oxygen atoms in total. The average Bonchev–Trinajstić information content (AvgIpc) is 2.57. The average molecular weight is 404 g/mol. The lowest BCUT2D eigenvalue weighted by molar-refractivity contribution is -0.131. The summed E-state index contributed by atoms with van der Waals surface area (Å²) in [5.74, 6) is -3.47. The second-order valence-corrected chi connectivity index (χ2v) is 6.07. The zero-order valence-electron chi connectivity index (χ0n) is 12.6. The standard InChI is InChI=1S/C17H11BrFN3O3/c18-10-5-7-11(8-6-10)22-16(24)12(15(23)21-17(22)25)9-20-14-4-2-1-3-13(14)19/h1-9,12H,(H,21,23,25)/t12-/m0/s1. The second-order valence-electron chi connectivity index (χ2n) is 5.15. The van der Waals surface area contributed by atoms with Gasteiger partial charge in [-0.05, 0) is 36.4 Å². The van der Waals surface area contributed by atoms with E-state index in [1.807, 2.05) is 0 Å². The Balaban J connectivity index is 1.90. The van der Waals surface area contributed by atoms with Gasteiger partial charge in [0.15, 0.2) is 5.92 Å². The molecule has 1 atom stereocenters. The molecule has 2 aromatic rings. The highest BCUT2D eigenvalue weighted by Crippen LogP contribution is 2.23. The number of para-hydroxylation sites is 1. The topological polar surface area (TPSA) is 78.8 Å². The summed E-state index contributed by atoms with van der Waals surface area (Å²) in [6.07, 6.45) is 1.04. The van der Waals surface area contributed by atoms with Crippen LogP contribution in [0.5, 0.6) is 0 Å². The Kier molecular flexibility index (Phi) is 4.71. The smallest absolute Gasteiger partial charge is 0.276 e. The molecule has 1 N–H and O–H groups in total. The van der Waals surface area contributed by atoms with Crippen LogP contribution in [0.1, 0.15) is 0 Å². The van der Waals surface area contributed by atoms with E-state index in [9.17, 15) is 18.8 Å². The van der Waals surface area contributed by atoms with E-state index in [2.05, 4.69) is 26.2 Å². The lowest BCUT2D eigenvalue weighted by Crippen LogP contribution is -2.58. The van der Waals surface area contributed by atoms with Crippen molar-refractivity contribution in [3.63, 3.8) is 0 Å². The number of urea groups is 1. The van der Waals surface area contributed by atoms with E-state index in [1.54, 1.807) is 30.3 Å². The highest BCUT2D eigenvalue weighted by molar-refractivity contribution is 9.10. The molecule has 126 valence electrons. The van der Waals surface area contributed by atoms with Gasteiger partial charge in [-0.15, -0.1) is 0 Å². The molecule has 0 aromatic heterocycles. The van der Waals surface area contributed by atoms with Crippen LogP contribution in [0.3, 0.4) is 0 Å². The van der Waals surface area contributed by atoms with Gasteiger partial charge >= 0.3 is 6.03 Å². The van der Waals surface area contributed by atoms with Crippen LogP contribution in [0.15, 0.2) is 58.0 Å². The Morgan fingerprint density at radius 3 is 2.44 bits per heavy atom. The molecular formula is C17H11BrFN3O3. The van der Waals surface area contributed by atoms with Crippen molar-refractivity contribution in [3.05, 3.63) is 58.8 Å². The first-order valence-corrected chi connectivity index (χ1v) is 8.00. The normalized spacial score (nSPS) is 17.9. The van der Waals surface area contributed by atoms with E-state index in [0.29, 0.717) is 5.69 Å². The minimum atomic E-state index is -1.33. The first kappa shape index (κ1) is 17.0. The summed E-state index contributed by atoms with van der Waals surface area (Å²) in [4.78, 5) is 41.3. The quantitative estimate of drug-likeness (QED) is 0.631. The summed E-state index contributed by atoms with van der Waals surface area (Å²) < 4.78 is 14.4. The molecule has 0 bridgehead atoms. The summed E-state index contributed by atoms with van der Waals surface area (Å²) in [5.41, 5.74) is 0.303. The summed E-state index contributed by atoms with van der Waals surface area (Å²) in [7, 11) is 0. The molecule has 0 aliphatic carbocycles. The third-order valence-electron chi connectivity index (χ3n) is 3.50. The number of rotatable bonds is 3. The monoisotopic (exact) mass is 403 g/mol. The van der Waals surface area contributed by atoms with E-state index < -0.39 is 29.6 Å². The Morgan fingerprint density at radius 1 is 1.08 bits per heavy atom. The number of nitrogens with one attached hydrogen (secondary N) is 1. The minimum absolute atomic E-state index is 0.00445. The Labute approximate surface area is 150 Å². The lowest BCUT2D eigenvalue weighted by atomic mass is 10.1. The van der Waals surface area contributed by atoms with Gasteiger partial charge in [0.2, 0.25) is 5.91 Å². The van der Waals surface area contributed by atoms with Gasteiger partial charge in [-0.2, -0.15) is 0 Å². The maximum atomic E-state index is 13.6. The van der Waals surface area contributed by atoms with E-state index in [1.165, 1.54) is 18.2 Å². The molecule has 3 rings (SSSR count). The Bertz CT molecular complexity index is 883. The first-order valence-electron chi connectivity index (χ1n) is 7.20. The number of nitrogens with zero attached hydrogens (tertiary/aromatic N) is 2. The van der Waals surface area contributed by atoms with Gasteiger partial charge in [-0.25, -0.2) is 14.1 Å². The molecular weight excluding hydrogens is 393 g/mol. The van der Waals surface area contributed by atoms with Crippen LogP contribution in [0.4, 0.5) is 20.6 Å².